The van der Waals surface area contributed by atoms with Gasteiger partial charge < -0.3 is 10.0 Å². The van der Waals surface area contributed by atoms with Crippen LogP contribution >= 0.6 is 0 Å². The standard InChI is InChI=1S/C13H19N3O/c1-16-11-3-2-4-12(16)6-13(17,5-11)10-7-14-9-15-8-10/h7-9,11-12,17H,2-6H2,1H3. The Bertz CT molecular complexity index is 381. The highest BCUT2D eigenvalue weighted by atomic mass is 16.3. The zero-order valence-electron chi connectivity index (χ0n) is 10.2. The Labute approximate surface area is 102 Å². The summed E-state index contributed by atoms with van der Waals surface area (Å²) in [6, 6.07) is 1.01. The van der Waals surface area contributed by atoms with Gasteiger partial charge in [-0.25, -0.2) is 9.97 Å². The number of piperidine rings is 2. The van der Waals surface area contributed by atoms with Crippen LogP contribution in [0.5, 0.6) is 0 Å². The van der Waals surface area contributed by atoms with E-state index in [1.807, 2.05) is 0 Å². The van der Waals surface area contributed by atoms with Crippen molar-refractivity contribution in [1.29, 1.82) is 0 Å². The van der Waals surface area contributed by atoms with Crippen molar-refractivity contribution in [3.63, 3.8) is 0 Å². The number of fused-ring (bicyclic) bond motifs is 2. The first kappa shape index (κ1) is 11.1. The molecular weight excluding hydrogens is 214 g/mol. The van der Waals surface area contributed by atoms with Crippen LogP contribution in [0.15, 0.2) is 18.7 Å². The van der Waals surface area contributed by atoms with Crippen molar-refractivity contribution in [2.45, 2.75) is 49.8 Å². The third-order valence-electron chi connectivity index (χ3n) is 4.47. The topological polar surface area (TPSA) is 49.2 Å². The summed E-state index contributed by atoms with van der Waals surface area (Å²) in [7, 11) is 2.19. The van der Waals surface area contributed by atoms with Gasteiger partial charge in [0.15, 0.2) is 0 Å². The molecule has 0 radical (unpaired) electrons. The highest BCUT2D eigenvalue weighted by Gasteiger charge is 2.45. The maximum atomic E-state index is 10.9. The van der Waals surface area contributed by atoms with Crippen molar-refractivity contribution in [1.82, 2.24) is 14.9 Å². The Morgan fingerprint density at radius 3 is 2.41 bits per heavy atom. The van der Waals surface area contributed by atoms with E-state index in [1.54, 1.807) is 12.4 Å². The molecular formula is C13H19N3O. The molecule has 2 unspecified atom stereocenters. The van der Waals surface area contributed by atoms with Gasteiger partial charge in [0, 0.05) is 30.0 Å². The highest BCUT2D eigenvalue weighted by molar-refractivity contribution is 5.18. The van der Waals surface area contributed by atoms with Gasteiger partial charge in [-0.1, -0.05) is 6.42 Å². The van der Waals surface area contributed by atoms with Crippen LogP contribution in [0.2, 0.25) is 0 Å². The average Bonchev–Trinajstić information content (AvgIpc) is 2.33. The molecule has 2 bridgehead atoms. The van der Waals surface area contributed by atoms with E-state index in [9.17, 15) is 5.11 Å². The van der Waals surface area contributed by atoms with Crippen LogP contribution in [0.4, 0.5) is 0 Å². The normalized spacial score (nSPS) is 38.0. The number of nitrogens with zero attached hydrogens (tertiary/aromatic N) is 3. The van der Waals surface area contributed by atoms with E-state index in [1.165, 1.54) is 25.6 Å². The smallest absolute Gasteiger partial charge is 0.115 e. The molecule has 2 aliphatic heterocycles. The maximum absolute atomic E-state index is 10.9. The Balaban J connectivity index is 1.90. The zero-order chi connectivity index (χ0) is 11.9. The fourth-order valence-corrected chi connectivity index (χ4v) is 3.42. The molecule has 0 aliphatic carbocycles. The van der Waals surface area contributed by atoms with Crippen LogP contribution in [-0.4, -0.2) is 39.1 Å². The summed E-state index contributed by atoms with van der Waals surface area (Å²) in [5.74, 6) is 0. The molecule has 0 amide bonds. The van der Waals surface area contributed by atoms with Crippen molar-refractivity contribution in [2.75, 3.05) is 7.05 Å². The molecule has 4 heteroatoms. The lowest BCUT2D eigenvalue weighted by atomic mass is 9.73. The molecule has 1 aromatic rings. The molecule has 0 spiro atoms. The van der Waals surface area contributed by atoms with Gasteiger partial charge >= 0.3 is 0 Å². The van der Waals surface area contributed by atoms with Crippen molar-refractivity contribution in [2.24, 2.45) is 0 Å². The van der Waals surface area contributed by atoms with Crippen LogP contribution in [0, 0.1) is 0 Å². The Hall–Kier alpha value is -1.00. The SMILES string of the molecule is CN1C2CCCC1CC(O)(c1cncnc1)C2. The molecule has 3 heterocycles. The number of aliphatic hydroxyl groups is 1. The first-order valence-corrected chi connectivity index (χ1v) is 6.39. The van der Waals surface area contributed by atoms with Gasteiger partial charge in [0.05, 0.1) is 5.60 Å². The van der Waals surface area contributed by atoms with Crippen LogP contribution in [-0.2, 0) is 5.60 Å². The van der Waals surface area contributed by atoms with E-state index in [0.717, 1.165) is 18.4 Å². The molecule has 4 nitrogen and oxygen atoms in total. The maximum Gasteiger partial charge on any atom is 0.115 e. The predicted octanol–water partition coefficient (Wildman–Crippen LogP) is 1.31. The van der Waals surface area contributed by atoms with Gasteiger partial charge in [-0.15, -0.1) is 0 Å². The summed E-state index contributed by atoms with van der Waals surface area (Å²) < 4.78 is 0. The molecule has 2 saturated heterocycles. The van der Waals surface area contributed by atoms with E-state index < -0.39 is 5.60 Å². The van der Waals surface area contributed by atoms with E-state index in [-0.39, 0.29) is 0 Å². The lowest BCUT2D eigenvalue weighted by Gasteiger charge is -2.50. The summed E-state index contributed by atoms with van der Waals surface area (Å²) in [6.07, 6.45) is 10.3. The number of aromatic nitrogens is 2. The van der Waals surface area contributed by atoms with Crippen LogP contribution in [0.25, 0.3) is 0 Å². The van der Waals surface area contributed by atoms with Gasteiger partial charge in [-0.2, -0.15) is 0 Å². The van der Waals surface area contributed by atoms with Gasteiger partial charge in [0.25, 0.3) is 0 Å². The molecule has 0 saturated carbocycles. The fourth-order valence-electron chi connectivity index (χ4n) is 3.42. The minimum atomic E-state index is -0.719. The lowest BCUT2D eigenvalue weighted by molar-refractivity contribution is -0.0878. The molecule has 3 rings (SSSR count). The van der Waals surface area contributed by atoms with E-state index >= 15 is 0 Å². The second-order valence-electron chi connectivity index (χ2n) is 5.47. The predicted molar refractivity (Wildman–Crippen MR) is 64.4 cm³/mol. The molecule has 92 valence electrons. The molecule has 2 atom stereocenters. The molecule has 1 N–H and O–H groups in total. The van der Waals surface area contributed by atoms with Gasteiger partial charge in [-0.05, 0) is 32.7 Å². The van der Waals surface area contributed by atoms with Crippen molar-refractivity contribution < 1.29 is 5.11 Å². The van der Waals surface area contributed by atoms with E-state index in [0.29, 0.717) is 12.1 Å². The second-order valence-corrected chi connectivity index (χ2v) is 5.47. The lowest BCUT2D eigenvalue weighted by Crippen LogP contribution is -2.55. The minimum Gasteiger partial charge on any atom is -0.385 e. The fraction of sp³-hybridized carbons (Fsp3) is 0.692. The van der Waals surface area contributed by atoms with E-state index in [4.69, 9.17) is 0 Å². The molecule has 2 aliphatic rings. The van der Waals surface area contributed by atoms with Gasteiger partial charge in [0.1, 0.15) is 6.33 Å². The Morgan fingerprint density at radius 1 is 1.24 bits per heavy atom. The molecule has 2 fully saturated rings. The summed E-state index contributed by atoms with van der Waals surface area (Å²) in [5.41, 5.74) is 0.161. The third-order valence-corrected chi connectivity index (χ3v) is 4.47. The first-order valence-electron chi connectivity index (χ1n) is 6.39. The Morgan fingerprint density at radius 2 is 1.82 bits per heavy atom. The van der Waals surface area contributed by atoms with Crippen LogP contribution < -0.4 is 0 Å². The number of hydrogen-bond acceptors (Lipinski definition) is 4. The largest absolute Gasteiger partial charge is 0.385 e. The van der Waals surface area contributed by atoms with Gasteiger partial charge in [-0.3, -0.25) is 0 Å². The molecule has 17 heavy (non-hydrogen) atoms. The van der Waals surface area contributed by atoms with Crippen LogP contribution in [0.1, 0.15) is 37.7 Å². The minimum absolute atomic E-state index is 0.507. The van der Waals surface area contributed by atoms with Crippen LogP contribution in [0.3, 0.4) is 0 Å². The van der Waals surface area contributed by atoms with E-state index in [2.05, 4.69) is 21.9 Å². The zero-order valence-corrected chi connectivity index (χ0v) is 10.2. The Kier molecular flexibility index (Phi) is 2.64. The van der Waals surface area contributed by atoms with Crippen molar-refractivity contribution >= 4 is 0 Å². The summed E-state index contributed by atoms with van der Waals surface area (Å²) in [4.78, 5) is 10.5. The quantitative estimate of drug-likeness (QED) is 0.794. The van der Waals surface area contributed by atoms with Gasteiger partial charge in [0.2, 0.25) is 0 Å². The van der Waals surface area contributed by atoms with Crippen molar-refractivity contribution in [3.8, 4) is 0 Å². The average molecular weight is 233 g/mol. The number of rotatable bonds is 1. The molecule has 1 aromatic heterocycles. The summed E-state index contributed by atoms with van der Waals surface area (Å²) in [6.45, 7) is 0. The third kappa shape index (κ3) is 1.85. The monoisotopic (exact) mass is 233 g/mol. The number of hydrogen-bond donors (Lipinski definition) is 1. The first-order chi connectivity index (χ1) is 8.19. The van der Waals surface area contributed by atoms with Crippen molar-refractivity contribution in [3.05, 3.63) is 24.3 Å². The molecule has 0 aromatic carbocycles. The summed E-state index contributed by atoms with van der Waals surface area (Å²) in [5, 5.41) is 10.9. The summed E-state index contributed by atoms with van der Waals surface area (Å²) >= 11 is 0. The second kappa shape index (κ2) is 4.03. The highest BCUT2D eigenvalue weighted by Crippen LogP contribution is 2.42.